The summed E-state index contributed by atoms with van der Waals surface area (Å²) in [7, 11) is 1.60. The standard InChI is InChI=1S/C24H22N4O3S2/c1-15-4-3-5-17(12-15)26-23(30)27-18-8-11-20-21(13-18)33-24(28-20)32-14-22(29)25-16-6-9-19(31-2)10-7-16/h3-13H,14H2,1-2H3,(H,25,29)(H2,26,27,30). The Bertz CT molecular complexity index is 1290. The van der Waals surface area contributed by atoms with Crippen molar-refractivity contribution in [3.8, 4) is 5.75 Å². The Hall–Kier alpha value is -3.56. The first-order valence-electron chi connectivity index (χ1n) is 10.1. The molecule has 168 valence electrons. The number of nitrogens with zero attached hydrogens (tertiary/aromatic N) is 1. The van der Waals surface area contributed by atoms with Crippen molar-refractivity contribution in [3.05, 3.63) is 72.3 Å². The molecule has 4 rings (SSSR count). The third-order valence-electron chi connectivity index (χ3n) is 4.60. The van der Waals surface area contributed by atoms with Crippen LogP contribution in [-0.4, -0.2) is 29.8 Å². The number of aryl methyl sites for hydroxylation is 1. The van der Waals surface area contributed by atoms with Crippen LogP contribution in [-0.2, 0) is 4.79 Å². The van der Waals surface area contributed by atoms with Crippen LogP contribution in [0.15, 0.2) is 71.1 Å². The van der Waals surface area contributed by atoms with E-state index in [2.05, 4.69) is 20.9 Å². The number of ether oxygens (including phenoxy) is 1. The van der Waals surface area contributed by atoms with Gasteiger partial charge in [0.25, 0.3) is 0 Å². The van der Waals surface area contributed by atoms with Gasteiger partial charge in [-0.3, -0.25) is 4.79 Å². The zero-order valence-corrected chi connectivity index (χ0v) is 19.7. The maximum atomic E-state index is 12.3. The number of hydrogen-bond acceptors (Lipinski definition) is 6. The molecule has 4 aromatic rings. The zero-order chi connectivity index (χ0) is 23.2. The summed E-state index contributed by atoms with van der Waals surface area (Å²) in [6.07, 6.45) is 0. The summed E-state index contributed by atoms with van der Waals surface area (Å²) in [6.45, 7) is 1.97. The maximum Gasteiger partial charge on any atom is 0.323 e. The summed E-state index contributed by atoms with van der Waals surface area (Å²) in [5, 5.41) is 8.53. The van der Waals surface area contributed by atoms with Crippen LogP contribution < -0.4 is 20.7 Å². The number of carbonyl (C=O) groups excluding carboxylic acids is 2. The van der Waals surface area contributed by atoms with Gasteiger partial charge in [0.15, 0.2) is 4.34 Å². The van der Waals surface area contributed by atoms with Crippen LogP contribution in [0.5, 0.6) is 5.75 Å². The Balaban J connectivity index is 1.33. The summed E-state index contributed by atoms with van der Waals surface area (Å²) in [5.74, 6) is 0.869. The molecule has 3 aromatic carbocycles. The number of methoxy groups -OCH3 is 1. The Morgan fingerprint density at radius 3 is 2.39 bits per heavy atom. The van der Waals surface area contributed by atoms with E-state index < -0.39 is 0 Å². The first-order chi connectivity index (χ1) is 16.0. The highest BCUT2D eigenvalue weighted by molar-refractivity contribution is 8.01. The SMILES string of the molecule is COc1ccc(NC(=O)CSc2nc3ccc(NC(=O)Nc4cccc(C)c4)cc3s2)cc1. The van der Waals surface area contributed by atoms with E-state index in [1.165, 1.54) is 23.1 Å². The van der Waals surface area contributed by atoms with Gasteiger partial charge >= 0.3 is 6.03 Å². The molecule has 33 heavy (non-hydrogen) atoms. The van der Waals surface area contributed by atoms with Crippen molar-refractivity contribution in [1.29, 1.82) is 0 Å². The van der Waals surface area contributed by atoms with Crippen LogP contribution in [0.3, 0.4) is 0 Å². The number of anilines is 3. The third kappa shape index (κ3) is 6.24. The third-order valence-corrected chi connectivity index (χ3v) is 6.76. The van der Waals surface area contributed by atoms with Gasteiger partial charge in [-0.2, -0.15) is 0 Å². The summed E-state index contributed by atoms with van der Waals surface area (Å²) >= 11 is 2.86. The lowest BCUT2D eigenvalue weighted by molar-refractivity contribution is -0.113. The van der Waals surface area contributed by atoms with Crippen molar-refractivity contribution >= 4 is 62.3 Å². The van der Waals surface area contributed by atoms with E-state index in [1.54, 1.807) is 31.4 Å². The molecule has 0 aliphatic rings. The van der Waals surface area contributed by atoms with Gasteiger partial charge in [0.1, 0.15) is 5.75 Å². The van der Waals surface area contributed by atoms with Gasteiger partial charge in [-0.15, -0.1) is 11.3 Å². The smallest absolute Gasteiger partial charge is 0.323 e. The lowest BCUT2D eigenvalue weighted by Crippen LogP contribution is -2.19. The average Bonchev–Trinajstić information content (AvgIpc) is 3.20. The van der Waals surface area contributed by atoms with Crippen molar-refractivity contribution in [3.63, 3.8) is 0 Å². The Labute approximate surface area is 199 Å². The second kappa shape index (κ2) is 10.4. The van der Waals surface area contributed by atoms with Gasteiger partial charge in [-0.1, -0.05) is 23.9 Å². The fourth-order valence-electron chi connectivity index (χ4n) is 3.06. The number of rotatable bonds is 7. The Morgan fingerprint density at radius 1 is 0.939 bits per heavy atom. The highest BCUT2D eigenvalue weighted by Gasteiger charge is 2.10. The number of hydrogen-bond donors (Lipinski definition) is 3. The molecule has 0 saturated heterocycles. The maximum absolute atomic E-state index is 12.3. The lowest BCUT2D eigenvalue weighted by Gasteiger charge is -2.08. The lowest BCUT2D eigenvalue weighted by atomic mass is 10.2. The number of nitrogens with one attached hydrogen (secondary N) is 3. The van der Waals surface area contributed by atoms with E-state index in [0.29, 0.717) is 11.4 Å². The van der Waals surface area contributed by atoms with Crippen molar-refractivity contribution in [2.45, 2.75) is 11.3 Å². The molecule has 3 N–H and O–H groups in total. The predicted molar refractivity (Wildman–Crippen MR) is 136 cm³/mol. The van der Waals surface area contributed by atoms with Crippen molar-refractivity contribution in [1.82, 2.24) is 4.98 Å². The second-order valence-corrected chi connectivity index (χ2v) is 9.43. The molecule has 0 atom stereocenters. The van der Waals surface area contributed by atoms with Crippen molar-refractivity contribution in [2.75, 3.05) is 28.8 Å². The van der Waals surface area contributed by atoms with Crippen LogP contribution in [0.2, 0.25) is 0 Å². The van der Waals surface area contributed by atoms with Gasteiger partial charge in [0, 0.05) is 17.1 Å². The average molecular weight is 479 g/mol. The molecular weight excluding hydrogens is 456 g/mol. The Morgan fingerprint density at radius 2 is 1.67 bits per heavy atom. The second-order valence-electron chi connectivity index (χ2n) is 7.18. The number of aromatic nitrogens is 1. The van der Waals surface area contributed by atoms with E-state index in [0.717, 1.165) is 31.6 Å². The molecular formula is C24H22N4O3S2. The normalized spacial score (nSPS) is 10.6. The molecule has 3 amide bonds. The van der Waals surface area contributed by atoms with E-state index in [4.69, 9.17) is 4.74 Å². The van der Waals surface area contributed by atoms with Gasteiger partial charge in [0.05, 0.1) is 23.1 Å². The minimum absolute atomic E-state index is 0.111. The van der Waals surface area contributed by atoms with Crippen LogP contribution in [0.25, 0.3) is 10.2 Å². The molecule has 1 aromatic heterocycles. The summed E-state index contributed by atoms with van der Waals surface area (Å²) in [6, 6.07) is 20.0. The number of benzene rings is 3. The number of amides is 3. The summed E-state index contributed by atoms with van der Waals surface area (Å²) in [5.41, 5.74) is 4.01. The van der Waals surface area contributed by atoms with E-state index in [1.807, 2.05) is 49.4 Å². The van der Waals surface area contributed by atoms with E-state index in [9.17, 15) is 9.59 Å². The Kier molecular flexibility index (Phi) is 7.11. The monoisotopic (exact) mass is 478 g/mol. The molecule has 0 fully saturated rings. The fourth-order valence-corrected chi connectivity index (χ4v) is 4.97. The fraction of sp³-hybridized carbons (Fsp3) is 0.125. The largest absolute Gasteiger partial charge is 0.497 e. The van der Waals surface area contributed by atoms with Crippen LogP contribution in [0.4, 0.5) is 21.9 Å². The summed E-state index contributed by atoms with van der Waals surface area (Å²) < 4.78 is 6.84. The molecule has 0 spiro atoms. The first-order valence-corrected chi connectivity index (χ1v) is 11.9. The highest BCUT2D eigenvalue weighted by atomic mass is 32.2. The van der Waals surface area contributed by atoms with E-state index >= 15 is 0 Å². The first kappa shape index (κ1) is 22.6. The molecule has 0 radical (unpaired) electrons. The highest BCUT2D eigenvalue weighted by Crippen LogP contribution is 2.31. The van der Waals surface area contributed by atoms with Crippen molar-refractivity contribution < 1.29 is 14.3 Å². The van der Waals surface area contributed by atoms with Crippen LogP contribution in [0.1, 0.15) is 5.56 Å². The topological polar surface area (TPSA) is 92.3 Å². The molecule has 0 aliphatic carbocycles. The number of thioether (sulfide) groups is 1. The number of fused-ring (bicyclic) bond motifs is 1. The predicted octanol–water partition coefficient (Wildman–Crippen LogP) is 5.99. The molecule has 1 heterocycles. The molecule has 0 saturated carbocycles. The quantitative estimate of drug-likeness (QED) is 0.284. The van der Waals surface area contributed by atoms with Crippen LogP contribution >= 0.6 is 23.1 Å². The van der Waals surface area contributed by atoms with Crippen LogP contribution in [0, 0.1) is 6.92 Å². The number of carbonyl (C=O) groups is 2. The summed E-state index contributed by atoms with van der Waals surface area (Å²) in [4.78, 5) is 29.1. The minimum atomic E-state index is -0.311. The zero-order valence-electron chi connectivity index (χ0n) is 18.0. The van der Waals surface area contributed by atoms with Crippen molar-refractivity contribution in [2.24, 2.45) is 0 Å². The van der Waals surface area contributed by atoms with Gasteiger partial charge in [0.2, 0.25) is 5.91 Å². The van der Waals surface area contributed by atoms with Gasteiger partial charge in [-0.05, 0) is 67.1 Å². The molecule has 0 bridgehead atoms. The molecule has 9 heteroatoms. The van der Waals surface area contributed by atoms with Gasteiger partial charge in [-0.25, -0.2) is 9.78 Å². The number of urea groups is 1. The molecule has 7 nitrogen and oxygen atoms in total. The van der Waals surface area contributed by atoms with E-state index in [-0.39, 0.29) is 17.7 Å². The number of thiazole rings is 1. The minimum Gasteiger partial charge on any atom is -0.497 e. The van der Waals surface area contributed by atoms with Gasteiger partial charge < -0.3 is 20.7 Å². The molecule has 0 aliphatic heterocycles. The molecule has 0 unspecified atom stereocenters.